The van der Waals surface area contributed by atoms with Crippen LogP contribution in [0.15, 0.2) is 30.5 Å². The average Bonchev–Trinajstić information content (AvgIpc) is 3.00. The molecule has 0 spiro atoms. The standard InChI is InChI=1S/C18H23N3O/c1-14-6-8-15(9-7-14)4-2-3-5-18(22)21-11-10-17-16(13-21)12-19-20-17/h6-9,12H,2-5,10-11,13H2,1H3,(H,19,20). The molecule has 1 amide bonds. The van der Waals surface area contributed by atoms with E-state index in [-0.39, 0.29) is 5.91 Å². The van der Waals surface area contributed by atoms with E-state index in [1.165, 1.54) is 22.4 Å². The third kappa shape index (κ3) is 3.56. The minimum absolute atomic E-state index is 0.274. The first-order valence-electron chi connectivity index (χ1n) is 8.07. The number of H-pyrrole nitrogens is 1. The van der Waals surface area contributed by atoms with Gasteiger partial charge in [0, 0.05) is 37.2 Å². The van der Waals surface area contributed by atoms with Crippen LogP contribution in [0.5, 0.6) is 0 Å². The largest absolute Gasteiger partial charge is 0.338 e. The summed E-state index contributed by atoms with van der Waals surface area (Å²) in [6.45, 7) is 3.63. The molecule has 0 radical (unpaired) electrons. The van der Waals surface area contributed by atoms with Crippen LogP contribution in [-0.2, 0) is 24.2 Å². The minimum atomic E-state index is 0.274. The number of carbonyl (C=O) groups is 1. The quantitative estimate of drug-likeness (QED) is 0.862. The molecule has 1 aliphatic heterocycles. The monoisotopic (exact) mass is 297 g/mol. The van der Waals surface area contributed by atoms with E-state index in [0.717, 1.165) is 32.2 Å². The summed E-state index contributed by atoms with van der Waals surface area (Å²) in [7, 11) is 0. The second-order valence-corrected chi connectivity index (χ2v) is 6.13. The Labute approximate surface area is 131 Å². The zero-order valence-electron chi connectivity index (χ0n) is 13.1. The smallest absolute Gasteiger partial charge is 0.222 e. The molecule has 0 atom stereocenters. The fraction of sp³-hybridized carbons (Fsp3) is 0.444. The molecule has 0 fully saturated rings. The molecule has 3 rings (SSSR count). The van der Waals surface area contributed by atoms with Crippen LogP contribution < -0.4 is 0 Å². The second-order valence-electron chi connectivity index (χ2n) is 6.13. The zero-order valence-corrected chi connectivity index (χ0v) is 13.1. The fourth-order valence-corrected chi connectivity index (χ4v) is 2.95. The summed E-state index contributed by atoms with van der Waals surface area (Å²) in [6, 6.07) is 8.66. The highest BCUT2D eigenvalue weighted by Gasteiger charge is 2.21. The van der Waals surface area contributed by atoms with Crippen molar-refractivity contribution in [3.63, 3.8) is 0 Å². The third-order valence-electron chi connectivity index (χ3n) is 4.38. The summed E-state index contributed by atoms with van der Waals surface area (Å²) >= 11 is 0. The number of hydrogen-bond acceptors (Lipinski definition) is 2. The Morgan fingerprint density at radius 1 is 1.27 bits per heavy atom. The van der Waals surface area contributed by atoms with E-state index >= 15 is 0 Å². The maximum absolute atomic E-state index is 12.3. The number of nitrogens with zero attached hydrogens (tertiary/aromatic N) is 2. The van der Waals surface area contributed by atoms with Gasteiger partial charge in [-0.25, -0.2) is 0 Å². The Hall–Kier alpha value is -2.10. The van der Waals surface area contributed by atoms with Gasteiger partial charge in [0.15, 0.2) is 0 Å². The lowest BCUT2D eigenvalue weighted by atomic mass is 10.0. The molecule has 1 N–H and O–H groups in total. The van der Waals surface area contributed by atoms with E-state index in [4.69, 9.17) is 0 Å². The first-order valence-corrected chi connectivity index (χ1v) is 8.07. The summed E-state index contributed by atoms with van der Waals surface area (Å²) in [5, 5.41) is 7.05. The van der Waals surface area contributed by atoms with Gasteiger partial charge in [-0.1, -0.05) is 29.8 Å². The zero-order chi connectivity index (χ0) is 15.4. The van der Waals surface area contributed by atoms with Gasteiger partial charge >= 0.3 is 0 Å². The maximum atomic E-state index is 12.3. The molecule has 116 valence electrons. The van der Waals surface area contributed by atoms with Crippen LogP contribution in [-0.4, -0.2) is 27.5 Å². The summed E-state index contributed by atoms with van der Waals surface area (Å²) in [6.07, 6.45) is 6.47. The van der Waals surface area contributed by atoms with Crippen molar-refractivity contribution in [3.05, 3.63) is 52.8 Å². The maximum Gasteiger partial charge on any atom is 0.222 e. The highest BCUT2D eigenvalue weighted by molar-refractivity contribution is 5.76. The van der Waals surface area contributed by atoms with Crippen LogP contribution in [0.4, 0.5) is 0 Å². The van der Waals surface area contributed by atoms with Crippen LogP contribution in [0, 0.1) is 6.92 Å². The van der Waals surface area contributed by atoms with E-state index in [0.29, 0.717) is 13.0 Å². The van der Waals surface area contributed by atoms with Crippen molar-refractivity contribution in [2.45, 2.75) is 45.6 Å². The molecular formula is C18H23N3O. The van der Waals surface area contributed by atoms with Crippen molar-refractivity contribution in [3.8, 4) is 0 Å². The lowest BCUT2D eigenvalue weighted by molar-refractivity contribution is -0.132. The van der Waals surface area contributed by atoms with Crippen molar-refractivity contribution < 1.29 is 4.79 Å². The second kappa shape index (κ2) is 6.77. The molecule has 4 nitrogen and oxygen atoms in total. The first kappa shape index (κ1) is 14.8. The van der Waals surface area contributed by atoms with Crippen molar-refractivity contribution in [2.75, 3.05) is 6.54 Å². The lowest BCUT2D eigenvalue weighted by Crippen LogP contribution is -2.35. The number of hydrogen-bond donors (Lipinski definition) is 1. The van der Waals surface area contributed by atoms with Crippen LogP contribution in [0.3, 0.4) is 0 Å². The predicted molar refractivity (Wildman–Crippen MR) is 86.4 cm³/mol. The number of amides is 1. The SMILES string of the molecule is Cc1ccc(CCCCC(=O)N2CCc3[nH]ncc3C2)cc1. The van der Waals surface area contributed by atoms with E-state index in [2.05, 4.69) is 41.4 Å². The van der Waals surface area contributed by atoms with E-state index in [1.807, 2.05) is 11.1 Å². The minimum Gasteiger partial charge on any atom is -0.338 e. The van der Waals surface area contributed by atoms with Crippen molar-refractivity contribution in [2.24, 2.45) is 0 Å². The number of aryl methyl sites for hydroxylation is 2. The third-order valence-corrected chi connectivity index (χ3v) is 4.38. The van der Waals surface area contributed by atoms with E-state index in [9.17, 15) is 4.79 Å². The molecule has 0 saturated heterocycles. The molecule has 1 aliphatic rings. The average molecular weight is 297 g/mol. The Kier molecular flexibility index (Phi) is 4.56. The van der Waals surface area contributed by atoms with Gasteiger partial charge in [-0.15, -0.1) is 0 Å². The number of nitrogens with one attached hydrogen (secondary N) is 1. The summed E-state index contributed by atoms with van der Waals surface area (Å²) in [5.74, 6) is 0.274. The molecular weight excluding hydrogens is 274 g/mol. The number of aromatic nitrogens is 2. The number of carbonyl (C=O) groups excluding carboxylic acids is 1. The Balaban J connectivity index is 1.40. The van der Waals surface area contributed by atoms with E-state index in [1.54, 1.807) is 0 Å². The fourth-order valence-electron chi connectivity index (χ4n) is 2.95. The van der Waals surface area contributed by atoms with Gasteiger partial charge in [-0.3, -0.25) is 9.89 Å². The van der Waals surface area contributed by atoms with Gasteiger partial charge in [0.25, 0.3) is 0 Å². The topological polar surface area (TPSA) is 49.0 Å². The number of fused-ring (bicyclic) bond motifs is 1. The number of rotatable bonds is 5. The van der Waals surface area contributed by atoms with Gasteiger partial charge in [0.05, 0.1) is 6.20 Å². The molecule has 4 heteroatoms. The van der Waals surface area contributed by atoms with Crippen molar-refractivity contribution in [1.82, 2.24) is 15.1 Å². The number of unbranched alkanes of at least 4 members (excludes halogenated alkanes) is 1. The molecule has 0 unspecified atom stereocenters. The highest BCUT2D eigenvalue weighted by atomic mass is 16.2. The van der Waals surface area contributed by atoms with Gasteiger partial charge < -0.3 is 4.90 Å². The summed E-state index contributed by atoms with van der Waals surface area (Å²) < 4.78 is 0. The molecule has 2 heterocycles. The lowest BCUT2D eigenvalue weighted by Gasteiger charge is -2.26. The highest BCUT2D eigenvalue weighted by Crippen LogP contribution is 2.17. The molecule has 22 heavy (non-hydrogen) atoms. The molecule has 0 bridgehead atoms. The normalized spacial score (nSPS) is 14.0. The van der Waals surface area contributed by atoms with Crippen molar-refractivity contribution in [1.29, 1.82) is 0 Å². The molecule has 2 aromatic rings. The van der Waals surface area contributed by atoms with Crippen LogP contribution in [0.25, 0.3) is 0 Å². The number of benzene rings is 1. The van der Waals surface area contributed by atoms with Crippen LogP contribution in [0.1, 0.15) is 41.6 Å². The van der Waals surface area contributed by atoms with Gasteiger partial charge in [0.1, 0.15) is 0 Å². The Morgan fingerprint density at radius 3 is 2.91 bits per heavy atom. The van der Waals surface area contributed by atoms with Gasteiger partial charge in [0.2, 0.25) is 5.91 Å². The number of aromatic amines is 1. The van der Waals surface area contributed by atoms with E-state index < -0.39 is 0 Å². The van der Waals surface area contributed by atoms with Gasteiger partial charge in [-0.2, -0.15) is 5.10 Å². The summed E-state index contributed by atoms with van der Waals surface area (Å²) in [5.41, 5.74) is 5.00. The van der Waals surface area contributed by atoms with Crippen molar-refractivity contribution >= 4 is 5.91 Å². The summed E-state index contributed by atoms with van der Waals surface area (Å²) in [4.78, 5) is 14.2. The van der Waals surface area contributed by atoms with Crippen LogP contribution in [0.2, 0.25) is 0 Å². The predicted octanol–water partition coefficient (Wildman–Crippen LogP) is 3.02. The molecule has 1 aromatic carbocycles. The Morgan fingerprint density at radius 2 is 2.09 bits per heavy atom. The van der Waals surface area contributed by atoms with Gasteiger partial charge in [-0.05, 0) is 31.7 Å². The first-order chi connectivity index (χ1) is 10.7. The molecule has 0 aliphatic carbocycles. The molecule has 0 saturated carbocycles. The molecule has 1 aromatic heterocycles. The van der Waals surface area contributed by atoms with Crippen LogP contribution >= 0.6 is 0 Å². The Bertz CT molecular complexity index is 630.